The van der Waals surface area contributed by atoms with Gasteiger partial charge < -0.3 is 4.74 Å². The van der Waals surface area contributed by atoms with E-state index in [0.29, 0.717) is 23.1 Å². The summed E-state index contributed by atoms with van der Waals surface area (Å²) in [6.45, 7) is 0.683. The Labute approximate surface area is 261 Å². The van der Waals surface area contributed by atoms with Crippen molar-refractivity contribution in [3.05, 3.63) is 137 Å². The Balaban J connectivity index is 1.31. The summed E-state index contributed by atoms with van der Waals surface area (Å²) in [6, 6.07) is 18.4. The maximum Gasteiger partial charge on any atom is 0.429 e. The number of rotatable bonds is 11. The predicted octanol–water partition coefficient (Wildman–Crippen LogP) is 11.7. The van der Waals surface area contributed by atoms with Gasteiger partial charge in [-0.1, -0.05) is 62.2 Å². The van der Waals surface area contributed by atoms with Crippen LogP contribution in [0.15, 0.2) is 91.0 Å². The zero-order valence-electron chi connectivity index (χ0n) is 24.6. The highest BCUT2D eigenvalue weighted by Crippen LogP contribution is 2.36. The molecule has 5 aromatic carbocycles. The summed E-state index contributed by atoms with van der Waals surface area (Å²) in [6.07, 6.45) is -0.575. The molecule has 0 aliphatic carbocycles. The van der Waals surface area contributed by atoms with Gasteiger partial charge in [0, 0.05) is 11.1 Å². The Morgan fingerprint density at radius 3 is 1.72 bits per heavy atom. The third-order valence-corrected chi connectivity index (χ3v) is 7.68. The van der Waals surface area contributed by atoms with Crippen molar-refractivity contribution in [1.29, 1.82) is 0 Å². The van der Waals surface area contributed by atoms with E-state index in [1.54, 1.807) is 6.07 Å². The molecular weight excluding hydrogens is 612 g/mol. The zero-order valence-corrected chi connectivity index (χ0v) is 24.6. The molecule has 0 radical (unpaired) electrons. The normalized spacial score (nSPS) is 11.6. The van der Waals surface area contributed by atoms with Crippen LogP contribution in [-0.4, -0.2) is 0 Å². The first-order chi connectivity index (χ1) is 22.0. The van der Waals surface area contributed by atoms with Crippen molar-refractivity contribution in [2.24, 2.45) is 0 Å². The van der Waals surface area contributed by atoms with Gasteiger partial charge in [-0.3, -0.25) is 0 Å². The van der Waals surface area contributed by atoms with Crippen LogP contribution >= 0.6 is 0 Å². The van der Waals surface area contributed by atoms with Gasteiger partial charge in [-0.15, -0.1) is 0 Å². The number of halogens is 8. The van der Waals surface area contributed by atoms with Crippen LogP contribution in [0.25, 0.3) is 33.4 Å². The molecule has 0 bridgehead atoms. The molecule has 0 spiro atoms. The smallest absolute Gasteiger partial charge is 0.429 e. The summed E-state index contributed by atoms with van der Waals surface area (Å²) in [5.41, 5.74) is -0.256. The minimum atomic E-state index is -3.94. The van der Waals surface area contributed by atoms with Gasteiger partial charge in [0.15, 0.2) is 0 Å². The monoisotopic (exact) mass is 640 g/mol. The quantitative estimate of drug-likeness (QED) is 0.103. The van der Waals surface area contributed by atoms with E-state index in [1.165, 1.54) is 54.6 Å². The van der Waals surface area contributed by atoms with Gasteiger partial charge >= 0.3 is 6.11 Å². The van der Waals surface area contributed by atoms with E-state index in [-0.39, 0.29) is 28.0 Å². The summed E-state index contributed by atoms with van der Waals surface area (Å²) >= 11 is 0. The maximum atomic E-state index is 15.2. The highest BCUT2D eigenvalue weighted by molar-refractivity contribution is 5.74. The average Bonchev–Trinajstić information content (AvgIpc) is 3.01. The number of hydrogen-bond acceptors (Lipinski definition) is 1. The first-order valence-electron chi connectivity index (χ1n) is 14.6. The molecule has 0 unspecified atom stereocenters. The van der Waals surface area contributed by atoms with E-state index in [9.17, 15) is 30.7 Å². The molecule has 0 aromatic heterocycles. The third kappa shape index (κ3) is 7.09. The van der Waals surface area contributed by atoms with E-state index < -0.39 is 53.0 Å². The molecule has 9 heteroatoms. The van der Waals surface area contributed by atoms with E-state index in [0.717, 1.165) is 49.6 Å². The molecule has 5 rings (SSSR count). The Morgan fingerprint density at radius 1 is 0.565 bits per heavy atom. The lowest BCUT2D eigenvalue weighted by Crippen LogP contribution is -2.23. The molecule has 0 fully saturated rings. The lowest BCUT2D eigenvalue weighted by atomic mass is 9.96. The van der Waals surface area contributed by atoms with Crippen molar-refractivity contribution in [1.82, 2.24) is 0 Å². The highest BCUT2D eigenvalue weighted by Gasteiger charge is 2.37. The molecular formula is C37H28F8O. The first-order valence-corrected chi connectivity index (χ1v) is 14.6. The third-order valence-electron chi connectivity index (χ3n) is 7.68. The van der Waals surface area contributed by atoms with Crippen LogP contribution < -0.4 is 4.74 Å². The Bertz CT molecular complexity index is 1830. The van der Waals surface area contributed by atoms with Crippen molar-refractivity contribution in [3.63, 3.8) is 0 Å². The Morgan fingerprint density at radius 2 is 1.13 bits per heavy atom. The van der Waals surface area contributed by atoms with Gasteiger partial charge in [0.1, 0.15) is 41.5 Å². The molecule has 238 valence electrons. The van der Waals surface area contributed by atoms with Crippen molar-refractivity contribution < 1.29 is 39.9 Å². The number of aryl methyl sites for hydroxylation is 1. The van der Waals surface area contributed by atoms with E-state index >= 15 is 4.39 Å². The SMILES string of the molecule is CCCCCc1ccc(C(F)(F)Oc2ccc(-c3ccc(-c4ccc(-c5cc(F)c(CF)c(F)c5)c(F)c4)c(F)c3)cc2)c(F)c1. The maximum absolute atomic E-state index is 15.2. The standard InChI is InChI=1S/C37H28F8O/c1-2-3-4-5-22-6-15-31(36(43)16-22)37(44,45)46-27-11-7-23(8-12-27)24-9-13-28(32(39)17-24)25-10-14-29(33(40)18-25)26-19-34(41)30(21-38)35(42)20-26/h6-20H,2-5,21H2,1H3. The van der Waals surface area contributed by atoms with Gasteiger partial charge in [0.05, 0.1) is 11.1 Å². The minimum absolute atomic E-state index is 0.0392. The number of unbranched alkanes of at least 4 members (excludes halogenated alkanes) is 2. The first kappa shape index (κ1) is 32.7. The van der Waals surface area contributed by atoms with Gasteiger partial charge in [0.2, 0.25) is 0 Å². The summed E-state index contributed by atoms with van der Waals surface area (Å²) in [4.78, 5) is 0. The van der Waals surface area contributed by atoms with Crippen LogP contribution in [0.4, 0.5) is 35.1 Å². The van der Waals surface area contributed by atoms with Crippen LogP contribution in [0, 0.1) is 29.1 Å². The van der Waals surface area contributed by atoms with E-state index in [1.807, 2.05) is 6.92 Å². The number of hydrogen-bond donors (Lipinski definition) is 0. The summed E-state index contributed by atoms with van der Waals surface area (Å²) in [5.74, 6) is -5.17. The predicted molar refractivity (Wildman–Crippen MR) is 162 cm³/mol. The molecule has 46 heavy (non-hydrogen) atoms. The fraction of sp³-hybridized carbons (Fsp3) is 0.189. The minimum Gasteiger partial charge on any atom is -0.429 e. The fourth-order valence-electron chi connectivity index (χ4n) is 5.18. The van der Waals surface area contributed by atoms with Gasteiger partial charge in [-0.2, -0.15) is 8.78 Å². The van der Waals surface area contributed by atoms with Gasteiger partial charge in [-0.25, -0.2) is 26.3 Å². The second-order valence-corrected chi connectivity index (χ2v) is 10.9. The van der Waals surface area contributed by atoms with Crippen LogP contribution in [0.3, 0.4) is 0 Å². The van der Waals surface area contributed by atoms with Crippen molar-refractivity contribution >= 4 is 0 Å². The second kappa shape index (κ2) is 13.8. The van der Waals surface area contributed by atoms with Crippen LogP contribution in [0.1, 0.15) is 42.9 Å². The molecule has 0 amide bonds. The second-order valence-electron chi connectivity index (χ2n) is 10.9. The molecule has 0 aliphatic heterocycles. The lowest BCUT2D eigenvalue weighted by Gasteiger charge is -2.19. The van der Waals surface area contributed by atoms with Gasteiger partial charge in [-0.05, 0) is 89.2 Å². The Kier molecular flexibility index (Phi) is 9.79. The summed E-state index contributed by atoms with van der Waals surface area (Å²) in [5, 5.41) is 0. The number of alkyl halides is 3. The average molecular weight is 641 g/mol. The van der Waals surface area contributed by atoms with Crippen molar-refractivity contribution in [3.8, 4) is 39.1 Å². The van der Waals surface area contributed by atoms with Crippen molar-refractivity contribution in [2.75, 3.05) is 0 Å². The van der Waals surface area contributed by atoms with E-state index in [4.69, 9.17) is 4.74 Å². The fourth-order valence-corrected chi connectivity index (χ4v) is 5.18. The summed E-state index contributed by atoms with van der Waals surface area (Å²) < 4.78 is 120. The van der Waals surface area contributed by atoms with Crippen LogP contribution in [0.5, 0.6) is 5.75 Å². The lowest BCUT2D eigenvalue weighted by molar-refractivity contribution is -0.187. The summed E-state index contributed by atoms with van der Waals surface area (Å²) in [7, 11) is 0. The number of benzene rings is 5. The highest BCUT2D eigenvalue weighted by atomic mass is 19.3. The van der Waals surface area contributed by atoms with Crippen molar-refractivity contribution in [2.45, 2.75) is 45.4 Å². The molecule has 0 aliphatic rings. The topological polar surface area (TPSA) is 9.23 Å². The zero-order chi connectivity index (χ0) is 33.0. The molecule has 0 N–H and O–H groups in total. The molecule has 5 aromatic rings. The van der Waals surface area contributed by atoms with Gasteiger partial charge in [0.25, 0.3) is 0 Å². The molecule has 0 atom stereocenters. The Hall–Kier alpha value is -4.66. The number of ether oxygens (including phenoxy) is 1. The molecule has 0 saturated carbocycles. The van der Waals surface area contributed by atoms with Crippen LogP contribution in [-0.2, 0) is 19.2 Å². The molecule has 0 saturated heterocycles. The van der Waals surface area contributed by atoms with E-state index in [2.05, 4.69) is 0 Å². The van der Waals surface area contributed by atoms with Crippen LogP contribution in [0.2, 0.25) is 0 Å². The molecule has 0 heterocycles. The molecule has 1 nitrogen and oxygen atoms in total. The largest absolute Gasteiger partial charge is 0.429 e.